The van der Waals surface area contributed by atoms with Crippen LogP contribution in [-0.2, 0) is 32.3 Å². The summed E-state index contributed by atoms with van der Waals surface area (Å²) in [6, 6.07) is 21.8. The van der Waals surface area contributed by atoms with Crippen LogP contribution in [0.1, 0.15) is 31.9 Å². The third-order valence-corrected chi connectivity index (χ3v) is 7.05. The molecule has 0 aliphatic rings. The summed E-state index contributed by atoms with van der Waals surface area (Å²) in [5.41, 5.74) is 1.23. The SMILES string of the molecule is CC(C)(C)OC(=O)N(CCc1ccc(S(=O)(=O)c2ccc(OCC(=O)O)cc2)cc1)Cc1ccccc1. The standard InChI is InChI=1S/C28H31NO7S/c1-28(2,3)36-27(32)29(19-22-7-5-4-6-8-22)18-17-21-9-13-24(14-10-21)37(33,34)25-15-11-23(12-16-25)35-20-26(30)31/h4-16H,17-20H2,1-3H3,(H,30,31). The molecule has 1 N–H and O–H groups in total. The number of carboxylic acids is 1. The number of benzene rings is 3. The Morgan fingerprint density at radius 1 is 0.838 bits per heavy atom. The fraction of sp³-hybridized carbons (Fsp3) is 0.286. The van der Waals surface area contributed by atoms with Crippen molar-refractivity contribution >= 4 is 21.9 Å². The highest BCUT2D eigenvalue weighted by Gasteiger charge is 2.23. The predicted molar refractivity (Wildman–Crippen MR) is 138 cm³/mol. The van der Waals surface area contributed by atoms with Crippen LogP contribution in [0.2, 0.25) is 0 Å². The van der Waals surface area contributed by atoms with Gasteiger partial charge in [-0.05, 0) is 74.7 Å². The molecule has 0 aliphatic carbocycles. The van der Waals surface area contributed by atoms with Gasteiger partial charge in [0.25, 0.3) is 0 Å². The summed E-state index contributed by atoms with van der Waals surface area (Å²) < 4.78 is 36.6. The summed E-state index contributed by atoms with van der Waals surface area (Å²) in [5.74, 6) is -0.854. The Kier molecular flexibility index (Phi) is 8.94. The van der Waals surface area contributed by atoms with E-state index in [1.807, 2.05) is 51.1 Å². The molecule has 0 aromatic heterocycles. The first-order valence-electron chi connectivity index (χ1n) is 11.7. The molecule has 0 bridgehead atoms. The summed E-state index contributed by atoms with van der Waals surface area (Å²) in [5, 5.41) is 8.69. The lowest BCUT2D eigenvalue weighted by molar-refractivity contribution is -0.139. The Balaban J connectivity index is 1.69. The van der Waals surface area contributed by atoms with Crippen LogP contribution in [0.3, 0.4) is 0 Å². The number of hydrogen-bond donors (Lipinski definition) is 1. The number of carboxylic acid groups (broad SMARTS) is 1. The summed E-state index contributed by atoms with van der Waals surface area (Å²) in [7, 11) is -3.77. The molecule has 0 spiro atoms. The van der Waals surface area contributed by atoms with Crippen molar-refractivity contribution in [2.45, 2.75) is 49.1 Å². The molecule has 196 valence electrons. The highest BCUT2D eigenvalue weighted by Crippen LogP contribution is 2.24. The maximum atomic E-state index is 13.0. The Hall–Kier alpha value is -3.85. The van der Waals surface area contributed by atoms with Crippen molar-refractivity contribution in [2.75, 3.05) is 13.2 Å². The average Bonchev–Trinajstić information content (AvgIpc) is 2.85. The van der Waals surface area contributed by atoms with Crippen LogP contribution < -0.4 is 4.74 Å². The van der Waals surface area contributed by atoms with Gasteiger partial charge in [-0.1, -0.05) is 42.5 Å². The third kappa shape index (κ3) is 8.35. The van der Waals surface area contributed by atoms with Crippen LogP contribution in [-0.4, -0.2) is 49.2 Å². The number of sulfone groups is 1. The van der Waals surface area contributed by atoms with Crippen molar-refractivity contribution in [1.29, 1.82) is 0 Å². The highest BCUT2D eigenvalue weighted by molar-refractivity contribution is 7.91. The smallest absolute Gasteiger partial charge is 0.410 e. The zero-order valence-corrected chi connectivity index (χ0v) is 21.9. The lowest BCUT2D eigenvalue weighted by Crippen LogP contribution is -2.37. The number of nitrogens with zero attached hydrogens (tertiary/aromatic N) is 1. The van der Waals surface area contributed by atoms with Crippen LogP contribution in [0.25, 0.3) is 0 Å². The Labute approximate surface area is 217 Å². The Bertz CT molecular complexity index is 1300. The van der Waals surface area contributed by atoms with Crippen molar-refractivity contribution < 1.29 is 32.6 Å². The van der Waals surface area contributed by atoms with Crippen LogP contribution in [0.15, 0.2) is 88.7 Å². The minimum absolute atomic E-state index is 0.0712. The molecule has 0 saturated heterocycles. The van der Waals surface area contributed by atoms with Gasteiger partial charge in [0.15, 0.2) is 6.61 Å². The molecule has 1 amide bonds. The topological polar surface area (TPSA) is 110 Å². The molecule has 0 atom stereocenters. The second-order valence-electron chi connectivity index (χ2n) is 9.44. The van der Waals surface area contributed by atoms with Crippen molar-refractivity contribution in [2.24, 2.45) is 0 Å². The van der Waals surface area contributed by atoms with E-state index in [-0.39, 0.29) is 15.5 Å². The van der Waals surface area contributed by atoms with E-state index in [1.165, 1.54) is 36.4 Å². The molecule has 8 nitrogen and oxygen atoms in total. The van der Waals surface area contributed by atoms with Crippen LogP contribution in [0, 0.1) is 0 Å². The first kappa shape index (κ1) is 27.7. The average molecular weight is 526 g/mol. The van der Waals surface area contributed by atoms with Crippen LogP contribution >= 0.6 is 0 Å². The molecule has 3 aromatic rings. The number of aliphatic carboxylic acids is 1. The lowest BCUT2D eigenvalue weighted by Gasteiger charge is -2.27. The molecule has 0 aliphatic heterocycles. The quantitative estimate of drug-likeness (QED) is 0.398. The zero-order chi connectivity index (χ0) is 27.1. The second kappa shape index (κ2) is 11.9. The molecule has 9 heteroatoms. The van der Waals surface area contributed by atoms with Gasteiger partial charge in [0.1, 0.15) is 11.4 Å². The van der Waals surface area contributed by atoms with E-state index >= 15 is 0 Å². The zero-order valence-electron chi connectivity index (χ0n) is 21.1. The highest BCUT2D eigenvalue weighted by atomic mass is 32.2. The summed E-state index contributed by atoms with van der Waals surface area (Å²) in [6.07, 6.45) is 0.105. The van der Waals surface area contributed by atoms with E-state index < -0.39 is 34.1 Å². The fourth-order valence-corrected chi connectivity index (χ4v) is 4.72. The fourth-order valence-electron chi connectivity index (χ4n) is 3.46. The molecular weight excluding hydrogens is 494 g/mol. The Morgan fingerprint density at radius 3 is 1.95 bits per heavy atom. The van der Waals surface area contributed by atoms with Gasteiger partial charge in [0, 0.05) is 13.1 Å². The van der Waals surface area contributed by atoms with Gasteiger partial charge in [-0.3, -0.25) is 0 Å². The largest absolute Gasteiger partial charge is 0.482 e. The number of hydrogen-bond acceptors (Lipinski definition) is 6. The number of amides is 1. The minimum atomic E-state index is -3.77. The number of ether oxygens (including phenoxy) is 2. The normalized spacial score (nSPS) is 11.5. The van der Waals surface area contributed by atoms with E-state index in [0.29, 0.717) is 19.5 Å². The van der Waals surface area contributed by atoms with Gasteiger partial charge in [-0.15, -0.1) is 0 Å². The summed E-state index contributed by atoms with van der Waals surface area (Å²) in [6.45, 7) is 5.75. The van der Waals surface area contributed by atoms with E-state index in [0.717, 1.165) is 11.1 Å². The molecule has 0 radical (unpaired) electrons. The van der Waals surface area contributed by atoms with Crippen molar-refractivity contribution in [3.63, 3.8) is 0 Å². The van der Waals surface area contributed by atoms with Gasteiger partial charge in [-0.2, -0.15) is 0 Å². The molecule has 3 aromatic carbocycles. The molecule has 0 heterocycles. The molecule has 0 unspecified atom stereocenters. The second-order valence-corrected chi connectivity index (χ2v) is 11.4. The number of rotatable bonds is 10. The maximum Gasteiger partial charge on any atom is 0.410 e. The Morgan fingerprint density at radius 2 is 1.41 bits per heavy atom. The summed E-state index contributed by atoms with van der Waals surface area (Å²) >= 11 is 0. The van der Waals surface area contributed by atoms with Gasteiger partial charge in [0.05, 0.1) is 9.79 Å². The van der Waals surface area contributed by atoms with Crippen molar-refractivity contribution in [3.8, 4) is 5.75 Å². The van der Waals surface area contributed by atoms with E-state index in [4.69, 9.17) is 14.6 Å². The molecule has 37 heavy (non-hydrogen) atoms. The van der Waals surface area contributed by atoms with E-state index in [2.05, 4.69) is 0 Å². The van der Waals surface area contributed by atoms with E-state index in [1.54, 1.807) is 17.0 Å². The lowest BCUT2D eigenvalue weighted by atomic mass is 10.1. The van der Waals surface area contributed by atoms with Crippen molar-refractivity contribution in [3.05, 3.63) is 90.0 Å². The summed E-state index contributed by atoms with van der Waals surface area (Å²) in [4.78, 5) is 25.3. The van der Waals surface area contributed by atoms with Gasteiger partial charge < -0.3 is 19.5 Å². The first-order valence-corrected chi connectivity index (χ1v) is 13.2. The van der Waals surface area contributed by atoms with Gasteiger partial charge in [0.2, 0.25) is 9.84 Å². The number of carbonyl (C=O) groups is 2. The first-order chi connectivity index (χ1) is 17.4. The van der Waals surface area contributed by atoms with Gasteiger partial charge in [-0.25, -0.2) is 18.0 Å². The predicted octanol–water partition coefficient (Wildman–Crippen LogP) is 4.96. The molecule has 3 rings (SSSR count). The third-order valence-electron chi connectivity index (χ3n) is 5.27. The van der Waals surface area contributed by atoms with Gasteiger partial charge >= 0.3 is 12.1 Å². The minimum Gasteiger partial charge on any atom is -0.482 e. The molecular formula is C28H31NO7S. The maximum absolute atomic E-state index is 13.0. The van der Waals surface area contributed by atoms with Crippen molar-refractivity contribution in [1.82, 2.24) is 4.90 Å². The molecule has 0 saturated carbocycles. The number of carbonyl (C=O) groups excluding carboxylic acids is 1. The van der Waals surface area contributed by atoms with Crippen LogP contribution in [0.5, 0.6) is 5.75 Å². The monoisotopic (exact) mass is 525 g/mol. The molecule has 0 fully saturated rings. The van der Waals surface area contributed by atoms with E-state index in [9.17, 15) is 18.0 Å². The van der Waals surface area contributed by atoms with Crippen LogP contribution in [0.4, 0.5) is 4.79 Å².